The Labute approximate surface area is 113 Å². The predicted molar refractivity (Wildman–Crippen MR) is 75.0 cm³/mol. The van der Waals surface area contributed by atoms with E-state index in [1.807, 2.05) is 29.4 Å². The normalized spacial score (nSPS) is 19.4. The fourth-order valence-electron chi connectivity index (χ4n) is 1.77. The number of aliphatic imine (C=N–C) groups is 1. The van der Waals surface area contributed by atoms with Crippen LogP contribution in [-0.4, -0.2) is 16.7 Å². The van der Waals surface area contributed by atoms with Gasteiger partial charge in [0.25, 0.3) is 0 Å². The van der Waals surface area contributed by atoms with E-state index in [9.17, 15) is 0 Å². The number of hydrogen-bond donors (Lipinski definition) is 1. The molecule has 0 aromatic heterocycles. The summed E-state index contributed by atoms with van der Waals surface area (Å²) in [5, 5.41) is 0.765. The molecule has 0 aliphatic carbocycles. The van der Waals surface area contributed by atoms with Gasteiger partial charge in [-0.2, -0.15) is 0 Å². The summed E-state index contributed by atoms with van der Waals surface area (Å²) in [5.74, 6) is 0.961. The van der Waals surface area contributed by atoms with Crippen molar-refractivity contribution in [1.82, 2.24) is 4.31 Å². The van der Waals surface area contributed by atoms with Crippen molar-refractivity contribution in [2.45, 2.75) is 19.9 Å². The third-order valence-electron chi connectivity index (χ3n) is 2.66. The van der Waals surface area contributed by atoms with E-state index in [1.54, 1.807) is 0 Å². The monoisotopic (exact) mass is 276 g/mol. The molecule has 2 rings (SSSR count). The minimum Gasteiger partial charge on any atom is -0.305 e. The van der Waals surface area contributed by atoms with Gasteiger partial charge in [-0.3, -0.25) is 4.99 Å². The molecule has 2 nitrogen and oxygen atoms in total. The first-order chi connectivity index (χ1) is 7.08. The predicted octanol–water partition coefficient (Wildman–Crippen LogP) is 3.69. The van der Waals surface area contributed by atoms with Gasteiger partial charge in [0, 0.05) is 5.02 Å². The molecule has 16 heavy (non-hydrogen) atoms. The minimum atomic E-state index is 0. The highest BCUT2D eigenvalue weighted by atomic mass is 35.5. The van der Waals surface area contributed by atoms with Gasteiger partial charge in [-0.25, -0.2) is 0 Å². The number of halogens is 2. The molecule has 0 radical (unpaired) electrons. The fourth-order valence-corrected chi connectivity index (χ4v) is 2.15. The molecule has 5 heteroatoms. The van der Waals surface area contributed by atoms with Gasteiger partial charge in [0.2, 0.25) is 0 Å². The molecule has 1 aromatic carbocycles. The highest BCUT2D eigenvalue weighted by Crippen LogP contribution is 2.29. The Morgan fingerprint density at radius 1 is 1.44 bits per heavy atom. The van der Waals surface area contributed by atoms with Crippen LogP contribution >= 0.6 is 36.8 Å². The molecule has 1 unspecified atom stereocenters. The second-order valence-corrected chi connectivity index (χ2v) is 4.69. The Kier molecular flexibility index (Phi) is 4.53. The quantitative estimate of drug-likeness (QED) is 0.774. The molecule has 0 saturated heterocycles. The lowest BCUT2D eigenvalue weighted by atomic mass is 10.0. The van der Waals surface area contributed by atoms with E-state index >= 15 is 0 Å². The minimum absolute atomic E-state index is 0. The van der Waals surface area contributed by atoms with E-state index in [0.717, 1.165) is 17.4 Å². The molecule has 1 aliphatic heterocycles. The third-order valence-corrected chi connectivity index (χ3v) is 3.35. The van der Waals surface area contributed by atoms with E-state index in [0.29, 0.717) is 0 Å². The summed E-state index contributed by atoms with van der Waals surface area (Å²) in [6.07, 6.45) is 0. The van der Waals surface area contributed by atoms with E-state index < -0.39 is 0 Å². The van der Waals surface area contributed by atoms with Crippen LogP contribution in [0.5, 0.6) is 0 Å². The molecular formula is C11H14Cl2N2S. The average molecular weight is 277 g/mol. The number of nitrogens with zero attached hydrogens (tertiary/aromatic N) is 2. The molecule has 0 spiro atoms. The van der Waals surface area contributed by atoms with Crippen LogP contribution in [0.1, 0.15) is 24.1 Å². The zero-order valence-electron chi connectivity index (χ0n) is 9.14. The molecule has 1 aliphatic rings. The second-order valence-electron chi connectivity index (χ2n) is 3.78. The summed E-state index contributed by atoms with van der Waals surface area (Å²) in [6.45, 7) is 4.86. The van der Waals surface area contributed by atoms with E-state index in [4.69, 9.17) is 11.6 Å². The molecule has 0 N–H and O–H groups in total. The number of hydrogen-bond acceptors (Lipinski definition) is 3. The first kappa shape index (κ1) is 13.7. The van der Waals surface area contributed by atoms with Gasteiger partial charge in [-0.1, -0.05) is 30.5 Å². The summed E-state index contributed by atoms with van der Waals surface area (Å²) in [6, 6.07) is 6.10. The van der Waals surface area contributed by atoms with Gasteiger partial charge >= 0.3 is 0 Å². The van der Waals surface area contributed by atoms with Crippen molar-refractivity contribution < 1.29 is 0 Å². The number of benzene rings is 1. The number of aryl methyl sites for hydroxylation is 1. The lowest BCUT2D eigenvalue weighted by Gasteiger charge is -2.13. The lowest BCUT2D eigenvalue weighted by Crippen LogP contribution is -2.14. The molecule has 1 heterocycles. The van der Waals surface area contributed by atoms with Gasteiger partial charge in [0.05, 0.1) is 12.6 Å². The van der Waals surface area contributed by atoms with Crippen LogP contribution in [0.3, 0.4) is 0 Å². The fraction of sp³-hybridized carbons (Fsp3) is 0.364. The van der Waals surface area contributed by atoms with E-state index in [1.165, 1.54) is 11.1 Å². The molecular weight excluding hydrogens is 263 g/mol. The van der Waals surface area contributed by atoms with Crippen LogP contribution in [0, 0.1) is 6.92 Å². The second kappa shape index (κ2) is 5.30. The Hall–Kier alpha value is -0.380. The van der Waals surface area contributed by atoms with Crippen molar-refractivity contribution in [1.29, 1.82) is 0 Å². The number of amidine groups is 1. The van der Waals surface area contributed by atoms with Crippen LogP contribution in [0.4, 0.5) is 0 Å². The van der Waals surface area contributed by atoms with E-state index in [-0.39, 0.29) is 18.4 Å². The summed E-state index contributed by atoms with van der Waals surface area (Å²) in [5.41, 5.74) is 2.42. The highest BCUT2D eigenvalue weighted by Gasteiger charge is 2.22. The maximum atomic E-state index is 5.99. The molecule has 1 aromatic rings. The summed E-state index contributed by atoms with van der Waals surface area (Å²) >= 11 is 10.3. The topological polar surface area (TPSA) is 15.6 Å². The van der Waals surface area contributed by atoms with Crippen LogP contribution < -0.4 is 0 Å². The molecule has 88 valence electrons. The van der Waals surface area contributed by atoms with Crippen molar-refractivity contribution in [3.05, 3.63) is 34.3 Å². The number of rotatable bonds is 1. The van der Waals surface area contributed by atoms with Crippen LogP contribution in [0.15, 0.2) is 23.2 Å². The zero-order valence-corrected chi connectivity index (χ0v) is 11.6. The highest BCUT2D eigenvalue weighted by molar-refractivity contribution is 7.78. The third kappa shape index (κ3) is 2.65. The Morgan fingerprint density at radius 3 is 2.69 bits per heavy atom. The van der Waals surface area contributed by atoms with Crippen molar-refractivity contribution in [3.63, 3.8) is 0 Å². The zero-order chi connectivity index (χ0) is 11.0. The van der Waals surface area contributed by atoms with Crippen LogP contribution in [0.25, 0.3) is 0 Å². The first-order valence-corrected chi connectivity index (χ1v) is 5.62. The van der Waals surface area contributed by atoms with Gasteiger partial charge in [-0.05, 0) is 37.1 Å². The van der Waals surface area contributed by atoms with Crippen molar-refractivity contribution in [2.75, 3.05) is 6.54 Å². The van der Waals surface area contributed by atoms with Crippen LogP contribution in [-0.2, 0) is 0 Å². The molecule has 0 amide bonds. The smallest absolute Gasteiger partial charge is 0.106 e. The van der Waals surface area contributed by atoms with Crippen molar-refractivity contribution >= 4 is 42.7 Å². The standard InChI is InChI=1S/C11H13ClN2S.ClH/c1-7-3-4-9(12)5-10(7)11-6-14(15)8(2)13-11;/h3-5,11,15H,6H2,1-2H3;1H. The maximum Gasteiger partial charge on any atom is 0.106 e. The molecule has 0 fully saturated rings. The Bertz CT molecular complexity index is 420. The molecule has 0 saturated carbocycles. The first-order valence-electron chi connectivity index (χ1n) is 4.85. The van der Waals surface area contributed by atoms with E-state index in [2.05, 4.69) is 24.7 Å². The Morgan fingerprint density at radius 2 is 2.12 bits per heavy atom. The molecule has 0 bridgehead atoms. The van der Waals surface area contributed by atoms with Gasteiger partial charge in [0.15, 0.2) is 0 Å². The lowest BCUT2D eigenvalue weighted by molar-refractivity contribution is 0.638. The van der Waals surface area contributed by atoms with Gasteiger partial charge in [0.1, 0.15) is 5.84 Å². The largest absolute Gasteiger partial charge is 0.305 e. The van der Waals surface area contributed by atoms with Crippen molar-refractivity contribution in [3.8, 4) is 0 Å². The van der Waals surface area contributed by atoms with Crippen LogP contribution in [0.2, 0.25) is 5.02 Å². The van der Waals surface area contributed by atoms with Gasteiger partial charge in [-0.15, -0.1) is 12.4 Å². The summed E-state index contributed by atoms with van der Waals surface area (Å²) < 4.78 is 1.87. The average Bonchev–Trinajstić information content (AvgIpc) is 2.51. The number of thiol groups is 1. The summed E-state index contributed by atoms with van der Waals surface area (Å²) in [4.78, 5) is 4.55. The van der Waals surface area contributed by atoms with Gasteiger partial charge < -0.3 is 4.31 Å². The SMILES string of the molecule is CC1=NC(c2cc(Cl)ccc2C)CN1S.Cl. The maximum absolute atomic E-state index is 5.99. The van der Waals surface area contributed by atoms with Crippen molar-refractivity contribution in [2.24, 2.45) is 4.99 Å². The Balaban J connectivity index is 0.00000128. The summed E-state index contributed by atoms with van der Waals surface area (Å²) in [7, 11) is 0. The molecule has 1 atom stereocenters.